The molecule has 0 unspecified atom stereocenters. The minimum absolute atomic E-state index is 0.312. The number of benzene rings is 1. The minimum atomic E-state index is -0.312. The van der Waals surface area contributed by atoms with Crippen molar-refractivity contribution in [3.8, 4) is 0 Å². The zero-order valence-corrected chi connectivity index (χ0v) is 14.0. The Balaban J connectivity index is 2.49. The van der Waals surface area contributed by atoms with E-state index in [-0.39, 0.29) is 8.80 Å². The number of hydrogen-bond donors (Lipinski definition) is 0. The Hall–Kier alpha value is -0.123. The summed E-state index contributed by atoms with van der Waals surface area (Å²) in [5.74, 6) is 0. The van der Waals surface area contributed by atoms with Gasteiger partial charge in [0.15, 0.2) is 0 Å². The van der Waals surface area contributed by atoms with Gasteiger partial charge in [-0.25, -0.2) is 0 Å². The van der Waals surface area contributed by atoms with Crippen molar-refractivity contribution in [3.63, 3.8) is 0 Å². The fraction of sp³-hybridized carbons (Fsp3) is 0.571. The van der Waals surface area contributed by atoms with Gasteiger partial charge < -0.3 is 4.74 Å². The molecule has 17 heavy (non-hydrogen) atoms. The average molecular weight is 314 g/mol. The van der Waals surface area contributed by atoms with Crippen molar-refractivity contribution in [2.24, 2.45) is 0 Å². The highest BCUT2D eigenvalue weighted by Gasteiger charge is 2.23. The van der Waals surface area contributed by atoms with Crippen LogP contribution in [0.2, 0.25) is 18.1 Å². The number of rotatable bonds is 5. The molecule has 1 nitrogen and oxygen atoms in total. The lowest BCUT2D eigenvalue weighted by Gasteiger charge is -2.27. The van der Waals surface area contributed by atoms with E-state index < -0.39 is 0 Å². The summed E-state index contributed by atoms with van der Waals surface area (Å²) in [6.07, 6.45) is 0. The van der Waals surface area contributed by atoms with Gasteiger partial charge in [0, 0.05) is 11.1 Å². The average Bonchev–Trinajstić information content (AvgIpc) is 2.23. The predicted octanol–water partition coefficient (Wildman–Crippen LogP) is 4.81. The van der Waals surface area contributed by atoms with Gasteiger partial charge >= 0.3 is 0 Å². The molecule has 0 atom stereocenters. The van der Waals surface area contributed by atoms with Crippen LogP contribution in [0.1, 0.15) is 25.0 Å². The first-order valence-electron chi connectivity index (χ1n) is 5.96. The third kappa shape index (κ3) is 4.57. The fourth-order valence-corrected chi connectivity index (χ4v) is 2.00. The van der Waals surface area contributed by atoms with Crippen LogP contribution >= 0.6 is 15.9 Å². The van der Waals surface area contributed by atoms with E-state index >= 15 is 0 Å². The van der Waals surface area contributed by atoms with E-state index in [1.807, 2.05) is 0 Å². The molecule has 95 valence electrons. The molecule has 1 radical (unpaired) electrons. The summed E-state index contributed by atoms with van der Waals surface area (Å²) in [7, 11) is -0.312. The SMILES string of the molecule is Cc1cc(COCC(C)(C)[Si](C)C)ccc1Br. The maximum Gasteiger partial charge on any atom is 0.0717 e. The van der Waals surface area contributed by atoms with Crippen molar-refractivity contribution >= 4 is 24.7 Å². The summed E-state index contributed by atoms with van der Waals surface area (Å²) in [6, 6.07) is 6.39. The molecule has 0 N–H and O–H groups in total. The van der Waals surface area contributed by atoms with Crippen molar-refractivity contribution in [2.45, 2.75) is 45.5 Å². The molecule has 3 heteroatoms. The Kier molecular flexibility index (Phi) is 5.42. The highest BCUT2D eigenvalue weighted by molar-refractivity contribution is 9.10. The number of aryl methyl sites for hydroxylation is 1. The fourth-order valence-electron chi connectivity index (χ4n) is 1.36. The quantitative estimate of drug-likeness (QED) is 0.709. The van der Waals surface area contributed by atoms with Gasteiger partial charge in [0.1, 0.15) is 0 Å². The largest absolute Gasteiger partial charge is 0.377 e. The van der Waals surface area contributed by atoms with Crippen LogP contribution in [0.25, 0.3) is 0 Å². The van der Waals surface area contributed by atoms with E-state index in [9.17, 15) is 0 Å². The molecule has 0 saturated heterocycles. The third-order valence-electron chi connectivity index (χ3n) is 3.31. The minimum Gasteiger partial charge on any atom is -0.377 e. The second-order valence-electron chi connectivity index (χ2n) is 5.46. The van der Waals surface area contributed by atoms with Gasteiger partial charge in [-0.05, 0) is 29.2 Å². The Morgan fingerprint density at radius 3 is 2.47 bits per heavy atom. The van der Waals surface area contributed by atoms with Crippen molar-refractivity contribution in [1.82, 2.24) is 0 Å². The van der Waals surface area contributed by atoms with Crippen LogP contribution < -0.4 is 0 Å². The summed E-state index contributed by atoms with van der Waals surface area (Å²) in [5.41, 5.74) is 2.52. The second-order valence-corrected chi connectivity index (χ2v) is 9.67. The molecule has 0 aliphatic heterocycles. The molecule has 0 bridgehead atoms. The number of hydrogen-bond acceptors (Lipinski definition) is 1. The van der Waals surface area contributed by atoms with Gasteiger partial charge in [0.2, 0.25) is 0 Å². The van der Waals surface area contributed by atoms with Crippen LogP contribution in [0.4, 0.5) is 0 Å². The standard InChI is InChI=1S/C14H22BrOSi/c1-11-8-12(6-7-13(11)15)9-16-10-14(2,3)17(4)5/h6-8H,9-10H2,1-5H3. The van der Waals surface area contributed by atoms with Crippen LogP contribution in [0, 0.1) is 6.92 Å². The third-order valence-corrected chi connectivity index (χ3v) is 7.05. The number of halogens is 1. The van der Waals surface area contributed by atoms with Crippen LogP contribution in [-0.4, -0.2) is 15.4 Å². The molecule has 0 aliphatic rings. The van der Waals surface area contributed by atoms with Crippen LogP contribution in [0.5, 0.6) is 0 Å². The Morgan fingerprint density at radius 2 is 1.94 bits per heavy atom. The van der Waals surface area contributed by atoms with Crippen molar-refractivity contribution in [2.75, 3.05) is 6.61 Å². The molecule has 0 heterocycles. The predicted molar refractivity (Wildman–Crippen MR) is 80.1 cm³/mol. The molecule has 1 rings (SSSR count). The maximum atomic E-state index is 5.85. The topological polar surface area (TPSA) is 9.23 Å². The summed E-state index contributed by atoms with van der Waals surface area (Å²) in [5, 5.41) is 0.342. The lowest BCUT2D eigenvalue weighted by molar-refractivity contribution is 0.101. The summed E-state index contributed by atoms with van der Waals surface area (Å²) >= 11 is 3.51. The summed E-state index contributed by atoms with van der Waals surface area (Å²) in [6.45, 7) is 13.0. The van der Waals surface area contributed by atoms with Crippen molar-refractivity contribution in [1.29, 1.82) is 0 Å². The molecule has 0 aliphatic carbocycles. The lowest BCUT2D eigenvalue weighted by Crippen LogP contribution is -2.26. The molecule has 0 amide bonds. The van der Waals surface area contributed by atoms with Gasteiger partial charge in [-0.15, -0.1) is 0 Å². The Labute approximate surface area is 115 Å². The zero-order chi connectivity index (χ0) is 13.1. The van der Waals surface area contributed by atoms with E-state index in [0.29, 0.717) is 11.6 Å². The van der Waals surface area contributed by atoms with Gasteiger partial charge in [-0.2, -0.15) is 0 Å². The summed E-state index contributed by atoms with van der Waals surface area (Å²) in [4.78, 5) is 0. The molecule has 0 spiro atoms. The van der Waals surface area contributed by atoms with E-state index in [1.165, 1.54) is 11.1 Å². The van der Waals surface area contributed by atoms with E-state index in [2.05, 4.69) is 68.0 Å². The normalized spacial score (nSPS) is 12.2. The zero-order valence-electron chi connectivity index (χ0n) is 11.4. The van der Waals surface area contributed by atoms with Gasteiger partial charge in [-0.3, -0.25) is 0 Å². The highest BCUT2D eigenvalue weighted by atomic mass is 79.9. The monoisotopic (exact) mass is 313 g/mol. The van der Waals surface area contributed by atoms with Gasteiger partial charge in [0.25, 0.3) is 0 Å². The van der Waals surface area contributed by atoms with Crippen LogP contribution in [0.15, 0.2) is 22.7 Å². The first kappa shape index (κ1) is 14.9. The maximum absolute atomic E-state index is 5.85. The van der Waals surface area contributed by atoms with Crippen LogP contribution in [0.3, 0.4) is 0 Å². The molecule has 0 aromatic heterocycles. The molecule has 0 saturated carbocycles. The van der Waals surface area contributed by atoms with E-state index in [1.54, 1.807) is 0 Å². The molecule has 1 aromatic carbocycles. The van der Waals surface area contributed by atoms with Gasteiger partial charge in [-0.1, -0.05) is 55.0 Å². The highest BCUT2D eigenvalue weighted by Crippen LogP contribution is 2.28. The molecule has 1 aromatic rings. The lowest BCUT2D eigenvalue weighted by atomic mass is 10.1. The molecular weight excluding hydrogens is 292 g/mol. The number of ether oxygens (including phenoxy) is 1. The second kappa shape index (κ2) is 6.16. The van der Waals surface area contributed by atoms with Crippen molar-refractivity contribution < 1.29 is 4.74 Å². The smallest absolute Gasteiger partial charge is 0.0717 e. The Morgan fingerprint density at radius 1 is 1.29 bits per heavy atom. The molecule has 0 fully saturated rings. The van der Waals surface area contributed by atoms with Crippen molar-refractivity contribution in [3.05, 3.63) is 33.8 Å². The van der Waals surface area contributed by atoms with E-state index in [4.69, 9.17) is 4.74 Å². The first-order chi connectivity index (χ1) is 7.83. The summed E-state index contributed by atoms with van der Waals surface area (Å²) < 4.78 is 7.01. The molecular formula is C14H22BrOSi. The Bertz CT molecular complexity index is 374. The first-order valence-corrected chi connectivity index (χ1v) is 9.25. The van der Waals surface area contributed by atoms with E-state index in [0.717, 1.165) is 11.1 Å². The van der Waals surface area contributed by atoms with Gasteiger partial charge in [0.05, 0.1) is 15.4 Å². The van der Waals surface area contributed by atoms with Crippen LogP contribution in [-0.2, 0) is 11.3 Å².